The number of pyridine rings is 1. The van der Waals surface area contributed by atoms with E-state index >= 15 is 0 Å². The molecule has 4 aromatic rings. The molecule has 0 radical (unpaired) electrons. The fraction of sp³-hybridized carbons (Fsp3) is 0.250. The van der Waals surface area contributed by atoms with Crippen LogP contribution in [-0.4, -0.2) is 34.1 Å². The zero-order valence-corrected chi connectivity index (χ0v) is 20.9. The number of nitrogens with zero attached hydrogens (tertiary/aromatic N) is 3. The van der Waals surface area contributed by atoms with Gasteiger partial charge in [0.1, 0.15) is 11.4 Å². The van der Waals surface area contributed by atoms with Crippen LogP contribution in [0, 0.1) is 6.92 Å². The van der Waals surface area contributed by atoms with Crippen molar-refractivity contribution in [3.63, 3.8) is 0 Å². The van der Waals surface area contributed by atoms with Gasteiger partial charge in [-0.3, -0.25) is 4.79 Å². The number of carbonyl (C=O) groups excluding carboxylic acids is 1. The Morgan fingerprint density at radius 2 is 1.73 bits per heavy atom. The number of hydrogen-bond acceptors (Lipinski definition) is 4. The van der Waals surface area contributed by atoms with Gasteiger partial charge in [0.15, 0.2) is 0 Å². The van der Waals surface area contributed by atoms with Crippen molar-refractivity contribution in [1.29, 1.82) is 0 Å². The van der Waals surface area contributed by atoms with Gasteiger partial charge in [-0.2, -0.15) is 13.2 Å². The molecule has 0 fully saturated rings. The molecular weight excluding hydrogens is 481 g/mol. The highest BCUT2D eigenvalue weighted by Gasteiger charge is 2.33. The van der Waals surface area contributed by atoms with Gasteiger partial charge in [0.25, 0.3) is 5.91 Å². The number of aromatic nitrogens is 3. The third-order valence-electron chi connectivity index (χ3n) is 6.16. The largest absolute Gasteiger partial charge is 0.479 e. The quantitative estimate of drug-likeness (QED) is 0.334. The number of benzene rings is 2. The van der Waals surface area contributed by atoms with Crippen LogP contribution in [0.5, 0.6) is 5.88 Å². The van der Waals surface area contributed by atoms with Gasteiger partial charge in [-0.25, -0.2) is 9.97 Å². The molecule has 2 heterocycles. The van der Waals surface area contributed by atoms with Gasteiger partial charge in [0, 0.05) is 18.2 Å². The molecule has 2 aromatic carbocycles. The standard InChI is InChI=1S/C28H27F3N4O2/c1-18-15-35(17-33-18)24-14-13-23(34-26(24)37-4)25(36)32-16-27(2,3)20-11-9-19(10-12-20)21-7-5-6-8-22(21)28(29,30)31/h5-15,17H,16H2,1-4H3,(H,32,36). The summed E-state index contributed by atoms with van der Waals surface area (Å²) in [6, 6.07) is 15.8. The van der Waals surface area contributed by atoms with E-state index in [0.717, 1.165) is 17.3 Å². The molecule has 0 atom stereocenters. The second kappa shape index (κ2) is 10.1. The van der Waals surface area contributed by atoms with Crippen molar-refractivity contribution in [2.45, 2.75) is 32.4 Å². The summed E-state index contributed by atoms with van der Waals surface area (Å²) in [5.74, 6) is -0.0745. The normalized spacial score (nSPS) is 11.9. The number of ether oxygens (including phenoxy) is 1. The van der Waals surface area contributed by atoms with Gasteiger partial charge < -0.3 is 14.6 Å². The van der Waals surface area contributed by atoms with Crippen LogP contribution >= 0.6 is 0 Å². The summed E-state index contributed by atoms with van der Waals surface area (Å²) in [4.78, 5) is 21.4. The van der Waals surface area contributed by atoms with E-state index in [1.807, 2.05) is 27.0 Å². The van der Waals surface area contributed by atoms with E-state index in [1.165, 1.54) is 19.2 Å². The van der Waals surface area contributed by atoms with Crippen LogP contribution < -0.4 is 10.1 Å². The molecule has 0 bridgehead atoms. The van der Waals surface area contributed by atoms with E-state index < -0.39 is 17.2 Å². The van der Waals surface area contributed by atoms with Crippen LogP contribution in [0.4, 0.5) is 13.2 Å². The molecule has 0 saturated carbocycles. The fourth-order valence-electron chi connectivity index (χ4n) is 4.04. The molecule has 9 heteroatoms. The first-order valence-corrected chi connectivity index (χ1v) is 11.6. The molecular formula is C28H27F3N4O2. The van der Waals surface area contributed by atoms with Crippen molar-refractivity contribution >= 4 is 5.91 Å². The fourth-order valence-corrected chi connectivity index (χ4v) is 4.04. The number of methoxy groups -OCH3 is 1. The number of carbonyl (C=O) groups is 1. The number of imidazole rings is 1. The molecule has 1 N–H and O–H groups in total. The minimum atomic E-state index is -4.44. The Morgan fingerprint density at radius 3 is 2.35 bits per heavy atom. The molecule has 192 valence electrons. The second-order valence-electron chi connectivity index (χ2n) is 9.33. The Hall–Kier alpha value is -4.14. The maximum absolute atomic E-state index is 13.4. The number of amides is 1. The van der Waals surface area contributed by atoms with Gasteiger partial charge >= 0.3 is 6.18 Å². The number of halogens is 3. The van der Waals surface area contributed by atoms with Crippen LogP contribution in [0.25, 0.3) is 16.8 Å². The number of aryl methyl sites for hydroxylation is 1. The topological polar surface area (TPSA) is 69.0 Å². The van der Waals surface area contributed by atoms with Gasteiger partial charge in [0.2, 0.25) is 5.88 Å². The summed E-state index contributed by atoms with van der Waals surface area (Å²) < 4.78 is 47.4. The van der Waals surface area contributed by atoms with E-state index in [2.05, 4.69) is 15.3 Å². The van der Waals surface area contributed by atoms with Crippen molar-refractivity contribution in [2.75, 3.05) is 13.7 Å². The first kappa shape index (κ1) is 25.9. The average molecular weight is 509 g/mol. The molecule has 4 rings (SSSR count). The molecule has 0 saturated heterocycles. The van der Waals surface area contributed by atoms with Crippen LogP contribution in [0.2, 0.25) is 0 Å². The first-order chi connectivity index (χ1) is 17.5. The maximum Gasteiger partial charge on any atom is 0.417 e. The van der Waals surface area contributed by atoms with Crippen LogP contribution in [-0.2, 0) is 11.6 Å². The lowest BCUT2D eigenvalue weighted by Crippen LogP contribution is -2.37. The highest BCUT2D eigenvalue weighted by molar-refractivity contribution is 5.92. The number of nitrogens with one attached hydrogen (secondary N) is 1. The van der Waals surface area contributed by atoms with Gasteiger partial charge in [-0.1, -0.05) is 56.3 Å². The number of rotatable bonds is 7. The van der Waals surface area contributed by atoms with Crippen molar-refractivity contribution < 1.29 is 22.7 Å². The third kappa shape index (κ3) is 5.66. The molecule has 0 aliphatic rings. The van der Waals surface area contributed by atoms with Crippen LogP contribution in [0.1, 0.15) is 41.2 Å². The third-order valence-corrected chi connectivity index (χ3v) is 6.16. The smallest absolute Gasteiger partial charge is 0.417 e. The van der Waals surface area contributed by atoms with Crippen molar-refractivity contribution in [1.82, 2.24) is 19.9 Å². The summed E-state index contributed by atoms with van der Waals surface area (Å²) in [6.45, 7) is 6.06. The first-order valence-electron chi connectivity index (χ1n) is 11.6. The lowest BCUT2D eigenvalue weighted by Gasteiger charge is -2.26. The Bertz CT molecular complexity index is 1410. The molecule has 0 spiro atoms. The highest BCUT2D eigenvalue weighted by Crippen LogP contribution is 2.37. The Labute approximate surface area is 213 Å². The number of hydrogen-bond donors (Lipinski definition) is 1. The molecule has 0 aliphatic carbocycles. The Kier molecular flexibility index (Phi) is 7.07. The maximum atomic E-state index is 13.4. The van der Waals surface area contributed by atoms with E-state index in [1.54, 1.807) is 53.4 Å². The Morgan fingerprint density at radius 1 is 1.03 bits per heavy atom. The molecule has 1 amide bonds. The van der Waals surface area contributed by atoms with Crippen molar-refractivity contribution in [3.05, 3.63) is 95.7 Å². The minimum absolute atomic E-state index is 0.127. The average Bonchev–Trinajstić information content (AvgIpc) is 3.32. The lowest BCUT2D eigenvalue weighted by molar-refractivity contribution is -0.137. The van der Waals surface area contributed by atoms with Gasteiger partial charge in [-0.05, 0) is 41.8 Å². The highest BCUT2D eigenvalue weighted by atomic mass is 19.4. The van der Waals surface area contributed by atoms with E-state index in [0.29, 0.717) is 17.1 Å². The summed E-state index contributed by atoms with van der Waals surface area (Å²) in [6.07, 6.45) is -0.968. The zero-order chi connectivity index (χ0) is 26.8. The summed E-state index contributed by atoms with van der Waals surface area (Å²) in [5, 5.41) is 2.90. The SMILES string of the molecule is COc1nc(C(=O)NCC(C)(C)c2ccc(-c3ccccc3C(F)(F)F)cc2)ccc1-n1cnc(C)c1. The van der Waals surface area contributed by atoms with E-state index in [-0.39, 0.29) is 23.7 Å². The molecule has 0 aliphatic heterocycles. The monoisotopic (exact) mass is 508 g/mol. The van der Waals surface area contributed by atoms with Crippen LogP contribution in [0.3, 0.4) is 0 Å². The van der Waals surface area contributed by atoms with Crippen molar-refractivity contribution in [3.8, 4) is 22.7 Å². The second-order valence-corrected chi connectivity index (χ2v) is 9.33. The Balaban J connectivity index is 1.48. The van der Waals surface area contributed by atoms with E-state index in [9.17, 15) is 18.0 Å². The number of alkyl halides is 3. The summed E-state index contributed by atoms with van der Waals surface area (Å²) in [7, 11) is 1.48. The lowest BCUT2D eigenvalue weighted by atomic mass is 9.83. The predicted molar refractivity (Wildman–Crippen MR) is 135 cm³/mol. The summed E-state index contributed by atoms with van der Waals surface area (Å²) in [5.41, 5.74) is 2.01. The molecule has 2 aromatic heterocycles. The van der Waals surface area contributed by atoms with Gasteiger partial charge in [-0.15, -0.1) is 0 Å². The summed E-state index contributed by atoms with van der Waals surface area (Å²) >= 11 is 0. The zero-order valence-electron chi connectivity index (χ0n) is 20.9. The van der Waals surface area contributed by atoms with Gasteiger partial charge in [0.05, 0.1) is 24.7 Å². The minimum Gasteiger partial charge on any atom is -0.479 e. The van der Waals surface area contributed by atoms with Crippen LogP contribution in [0.15, 0.2) is 73.2 Å². The molecule has 6 nitrogen and oxygen atoms in total. The predicted octanol–water partition coefficient (Wildman–Crippen LogP) is 5.98. The molecule has 37 heavy (non-hydrogen) atoms. The van der Waals surface area contributed by atoms with E-state index in [4.69, 9.17) is 4.74 Å². The van der Waals surface area contributed by atoms with Crippen molar-refractivity contribution in [2.24, 2.45) is 0 Å². The molecule has 0 unspecified atom stereocenters.